The summed E-state index contributed by atoms with van der Waals surface area (Å²) in [4.78, 5) is 72.3. The van der Waals surface area contributed by atoms with Gasteiger partial charge >= 0.3 is 39.5 Å². The largest absolute Gasteiger partial charge is 0.472 e. The molecule has 0 saturated carbocycles. The lowest BCUT2D eigenvalue weighted by atomic mass is 10.0. The first-order valence-corrected chi connectivity index (χ1v) is 38.1. The number of phosphoric ester groups is 2. The molecule has 0 fully saturated rings. The lowest BCUT2D eigenvalue weighted by Crippen LogP contribution is -2.30. The first kappa shape index (κ1) is 84.1. The molecule has 0 aliphatic heterocycles. The van der Waals surface area contributed by atoms with E-state index in [0.29, 0.717) is 25.7 Å². The van der Waals surface area contributed by atoms with E-state index in [9.17, 15) is 43.2 Å². The number of aliphatic hydroxyl groups is 1. The van der Waals surface area contributed by atoms with Gasteiger partial charge < -0.3 is 33.8 Å². The lowest BCUT2D eigenvalue weighted by Gasteiger charge is -2.21. The maximum Gasteiger partial charge on any atom is 0.472 e. The summed E-state index contributed by atoms with van der Waals surface area (Å²) in [7, 11) is -9.89. The number of hydrogen-bond donors (Lipinski definition) is 3. The minimum absolute atomic E-state index is 0.107. The van der Waals surface area contributed by atoms with Crippen molar-refractivity contribution < 1.29 is 80.2 Å². The van der Waals surface area contributed by atoms with Gasteiger partial charge in [-0.3, -0.25) is 37.3 Å². The van der Waals surface area contributed by atoms with E-state index in [1.165, 1.54) is 154 Å². The maximum atomic E-state index is 13.0. The standard InChI is InChI=1S/C67H130O17P2/c1-6-9-12-15-18-20-22-24-25-27-33-38-43-48-53-67(72)84-63(57-78-65(70)51-46-41-36-31-29-28-30-35-39-44-49-60(4)5)59-82-86(75,76)80-55-61(68)54-79-85(73,74)81-58-62(56-77-64(69)50-45-40-34-17-14-11-8-3)83-66(71)52-47-42-37-32-26-23-21-19-16-13-10-7-2/h60-63,68H,6-59H2,1-5H3,(H,73,74)(H,75,76)/t61-,62+,63+/m0/s1. The first-order chi connectivity index (χ1) is 41.5. The van der Waals surface area contributed by atoms with E-state index in [2.05, 4.69) is 34.6 Å². The Bertz CT molecular complexity index is 1670. The van der Waals surface area contributed by atoms with Gasteiger partial charge in [-0.1, -0.05) is 291 Å². The summed E-state index contributed by atoms with van der Waals surface area (Å²) in [6.07, 6.45) is 45.8. The van der Waals surface area contributed by atoms with Crippen LogP contribution in [0.5, 0.6) is 0 Å². The van der Waals surface area contributed by atoms with Crippen LogP contribution >= 0.6 is 15.6 Å². The van der Waals surface area contributed by atoms with Gasteiger partial charge in [0.2, 0.25) is 0 Å². The predicted molar refractivity (Wildman–Crippen MR) is 345 cm³/mol. The molecule has 0 aromatic heterocycles. The molecule has 510 valence electrons. The SMILES string of the molecule is CCCCCCCCCCCCCCCCC(=O)O[C@H](COC(=O)CCCCCCCCCCCCC(C)C)COP(=O)(O)OC[C@@H](O)COP(=O)(O)OC[C@@H](COC(=O)CCCCCCCCC)OC(=O)CCCCCCCCCCCCCC. The van der Waals surface area contributed by atoms with Crippen molar-refractivity contribution in [3.63, 3.8) is 0 Å². The van der Waals surface area contributed by atoms with Gasteiger partial charge in [-0.15, -0.1) is 0 Å². The summed E-state index contributed by atoms with van der Waals surface area (Å²) in [5.74, 6) is -1.37. The maximum absolute atomic E-state index is 13.0. The molecule has 0 bridgehead atoms. The van der Waals surface area contributed by atoms with Gasteiger partial charge in [0, 0.05) is 25.7 Å². The van der Waals surface area contributed by atoms with Crippen LogP contribution < -0.4 is 0 Å². The van der Waals surface area contributed by atoms with Crippen molar-refractivity contribution in [2.24, 2.45) is 5.92 Å². The third-order valence-electron chi connectivity index (χ3n) is 15.5. The Morgan fingerprint density at radius 1 is 0.314 bits per heavy atom. The molecule has 0 aromatic rings. The molecule has 0 aliphatic carbocycles. The van der Waals surface area contributed by atoms with Crippen LogP contribution in [0.3, 0.4) is 0 Å². The quantitative estimate of drug-likeness (QED) is 0.0222. The van der Waals surface area contributed by atoms with Crippen LogP contribution in [0, 0.1) is 5.92 Å². The number of carbonyl (C=O) groups is 4. The van der Waals surface area contributed by atoms with E-state index in [1.807, 2.05) is 0 Å². The van der Waals surface area contributed by atoms with Gasteiger partial charge in [0.15, 0.2) is 12.2 Å². The molecule has 0 rings (SSSR count). The second-order valence-electron chi connectivity index (χ2n) is 24.7. The molecule has 0 heterocycles. The minimum Gasteiger partial charge on any atom is -0.462 e. The molecule has 0 aliphatic rings. The van der Waals surface area contributed by atoms with Gasteiger partial charge in [-0.2, -0.15) is 0 Å². The van der Waals surface area contributed by atoms with Crippen molar-refractivity contribution in [3.8, 4) is 0 Å². The van der Waals surface area contributed by atoms with E-state index >= 15 is 0 Å². The summed E-state index contributed by atoms with van der Waals surface area (Å²) in [5, 5.41) is 10.6. The summed E-state index contributed by atoms with van der Waals surface area (Å²) in [6, 6.07) is 0. The van der Waals surface area contributed by atoms with Crippen LogP contribution in [-0.4, -0.2) is 96.7 Å². The molecule has 86 heavy (non-hydrogen) atoms. The van der Waals surface area contributed by atoms with Crippen molar-refractivity contribution in [2.45, 2.75) is 361 Å². The van der Waals surface area contributed by atoms with Crippen molar-refractivity contribution in [2.75, 3.05) is 39.6 Å². The fourth-order valence-electron chi connectivity index (χ4n) is 10.1. The van der Waals surface area contributed by atoms with Crippen LogP contribution in [0.1, 0.15) is 343 Å². The zero-order valence-electron chi connectivity index (χ0n) is 55.4. The Labute approximate surface area is 524 Å². The van der Waals surface area contributed by atoms with Crippen molar-refractivity contribution >= 4 is 39.5 Å². The summed E-state index contributed by atoms with van der Waals surface area (Å²) in [5.41, 5.74) is 0. The van der Waals surface area contributed by atoms with Crippen molar-refractivity contribution in [1.29, 1.82) is 0 Å². The molecule has 0 saturated heterocycles. The molecule has 0 spiro atoms. The smallest absolute Gasteiger partial charge is 0.462 e. The number of rotatable bonds is 67. The Hall–Kier alpha value is -1.94. The minimum atomic E-state index is -4.95. The molecule has 3 N–H and O–H groups in total. The topological polar surface area (TPSA) is 237 Å². The molecular weight excluding hydrogens is 1140 g/mol. The zero-order valence-corrected chi connectivity index (χ0v) is 57.2. The number of hydrogen-bond acceptors (Lipinski definition) is 15. The van der Waals surface area contributed by atoms with Crippen molar-refractivity contribution in [1.82, 2.24) is 0 Å². The van der Waals surface area contributed by atoms with E-state index < -0.39 is 97.5 Å². The lowest BCUT2D eigenvalue weighted by molar-refractivity contribution is -0.161. The molecule has 0 amide bonds. The number of carbonyl (C=O) groups excluding carboxylic acids is 4. The van der Waals surface area contributed by atoms with Gasteiger partial charge in [0.05, 0.1) is 26.4 Å². The number of esters is 4. The van der Waals surface area contributed by atoms with E-state index in [0.717, 1.165) is 109 Å². The van der Waals surface area contributed by atoms with Gasteiger partial charge in [0.1, 0.15) is 19.3 Å². The van der Waals surface area contributed by atoms with Gasteiger partial charge in [-0.05, 0) is 31.6 Å². The third-order valence-corrected chi connectivity index (χ3v) is 17.4. The van der Waals surface area contributed by atoms with Crippen molar-refractivity contribution in [3.05, 3.63) is 0 Å². The molecule has 0 aromatic carbocycles. The van der Waals surface area contributed by atoms with E-state index in [-0.39, 0.29) is 25.7 Å². The average molecular weight is 1270 g/mol. The van der Waals surface area contributed by atoms with Crippen LogP contribution in [0.4, 0.5) is 0 Å². The van der Waals surface area contributed by atoms with Crippen LogP contribution in [0.25, 0.3) is 0 Å². The van der Waals surface area contributed by atoms with E-state index in [4.69, 9.17) is 37.0 Å². The zero-order chi connectivity index (χ0) is 63.5. The number of aliphatic hydroxyl groups excluding tert-OH is 1. The van der Waals surface area contributed by atoms with Crippen LogP contribution in [0.2, 0.25) is 0 Å². The fraction of sp³-hybridized carbons (Fsp3) is 0.940. The molecule has 0 radical (unpaired) electrons. The fourth-order valence-corrected chi connectivity index (χ4v) is 11.7. The van der Waals surface area contributed by atoms with E-state index in [1.54, 1.807) is 0 Å². The highest BCUT2D eigenvalue weighted by molar-refractivity contribution is 7.47. The Kier molecular flexibility index (Phi) is 59.2. The molecular formula is C67H130O17P2. The van der Waals surface area contributed by atoms with Crippen LogP contribution in [0.15, 0.2) is 0 Å². The highest BCUT2D eigenvalue weighted by Crippen LogP contribution is 2.45. The summed E-state index contributed by atoms with van der Waals surface area (Å²) >= 11 is 0. The molecule has 19 heteroatoms. The average Bonchev–Trinajstić information content (AvgIpc) is 3.57. The molecule has 5 atom stereocenters. The normalized spacial score (nSPS) is 14.2. The second kappa shape index (κ2) is 60.6. The second-order valence-corrected chi connectivity index (χ2v) is 27.6. The highest BCUT2D eigenvalue weighted by Gasteiger charge is 2.30. The summed E-state index contributed by atoms with van der Waals surface area (Å²) < 4.78 is 68.1. The number of ether oxygens (including phenoxy) is 4. The Balaban J connectivity index is 5.21. The summed E-state index contributed by atoms with van der Waals surface area (Å²) in [6.45, 7) is 7.18. The predicted octanol–water partition coefficient (Wildman–Crippen LogP) is 19.0. The first-order valence-electron chi connectivity index (χ1n) is 35.1. The Morgan fingerprint density at radius 2 is 0.535 bits per heavy atom. The Morgan fingerprint density at radius 3 is 0.791 bits per heavy atom. The number of phosphoric acid groups is 2. The highest BCUT2D eigenvalue weighted by atomic mass is 31.2. The third kappa shape index (κ3) is 60.9. The molecule has 17 nitrogen and oxygen atoms in total. The van der Waals surface area contributed by atoms with Gasteiger partial charge in [-0.25, -0.2) is 9.13 Å². The molecule has 2 unspecified atom stereocenters. The number of unbranched alkanes of at least 4 members (excludes halogenated alkanes) is 39. The van der Waals surface area contributed by atoms with Crippen LogP contribution in [-0.2, 0) is 65.4 Å². The van der Waals surface area contributed by atoms with Gasteiger partial charge in [0.25, 0.3) is 0 Å². The monoisotopic (exact) mass is 1270 g/mol.